The molecule has 2 unspecified atom stereocenters. The van der Waals surface area contributed by atoms with Gasteiger partial charge in [-0.3, -0.25) is 0 Å². The van der Waals surface area contributed by atoms with Crippen molar-refractivity contribution in [3.8, 4) is 0 Å². The Balaban J connectivity index is 0.000000845. The molecule has 0 radical (unpaired) electrons. The first kappa shape index (κ1) is 15.2. The van der Waals surface area contributed by atoms with E-state index in [4.69, 9.17) is 0 Å². The molecule has 0 bridgehead atoms. The summed E-state index contributed by atoms with van der Waals surface area (Å²) >= 11 is 0. The van der Waals surface area contributed by atoms with Crippen molar-refractivity contribution in [2.24, 2.45) is 11.8 Å². The third kappa shape index (κ3) is 4.37. The van der Waals surface area contributed by atoms with Crippen LogP contribution in [0.3, 0.4) is 0 Å². The van der Waals surface area contributed by atoms with Crippen molar-refractivity contribution in [3.05, 3.63) is 12.8 Å². The normalized spacial score (nSPS) is 32.6. The molecule has 2 rings (SSSR count). The van der Waals surface area contributed by atoms with E-state index in [1.165, 1.54) is 51.4 Å². The minimum atomic E-state index is 0. The van der Waals surface area contributed by atoms with Crippen LogP contribution in [0.1, 0.15) is 51.4 Å². The van der Waals surface area contributed by atoms with Crippen LogP contribution in [-0.4, -0.2) is 0 Å². The molecule has 2 aliphatic carbocycles. The Morgan fingerprint density at radius 2 is 1.07 bits per heavy atom. The summed E-state index contributed by atoms with van der Waals surface area (Å²) in [6, 6.07) is 0. The Bertz CT molecular complexity index is 108. The fraction of sp³-hybridized carbons (Fsp3) is 0.833. The second-order valence-corrected chi connectivity index (χ2v) is 4.37. The van der Waals surface area contributed by atoms with Crippen LogP contribution in [0.25, 0.3) is 0 Å². The summed E-state index contributed by atoms with van der Waals surface area (Å²) in [7, 11) is 0. The standard InChI is InChI=1S/C12H20.2Li/c1-3-7-11(8-4-1)12-9-5-2-6-10-12;;/h7,9,11-12H,1-6,8,10H2;;/q-2;2*+1. The first-order chi connectivity index (χ1) is 5.97. The third-order valence-corrected chi connectivity index (χ3v) is 3.47. The summed E-state index contributed by atoms with van der Waals surface area (Å²) in [6.07, 6.45) is 16.8. The zero-order valence-corrected chi connectivity index (χ0v) is 9.97. The maximum absolute atomic E-state index is 2.59. The van der Waals surface area contributed by atoms with Crippen molar-refractivity contribution >= 4 is 0 Å². The SMILES string of the molecule is [CH-]1CCCCC1C1[CH-]CCCC1.[Li+].[Li+]. The van der Waals surface area contributed by atoms with Crippen molar-refractivity contribution in [3.63, 3.8) is 0 Å². The summed E-state index contributed by atoms with van der Waals surface area (Å²) in [6.45, 7) is 0. The van der Waals surface area contributed by atoms with E-state index in [2.05, 4.69) is 12.8 Å². The first-order valence-electron chi connectivity index (χ1n) is 5.63. The van der Waals surface area contributed by atoms with Gasteiger partial charge < -0.3 is 12.8 Å². The fourth-order valence-corrected chi connectivity index (χ4v) is 2.73. The molecule has 0 amide bonds. The van der Waals surface area contributed by atoms with Crippen LogP contribution in [0.4, 0.5) is 0 Å². The van der Waals surface area contributed by atoms with E-state index in [9.17, 15) is 0 Å². The second kappa shape index (κ2) is 8.36. The molecule has 0 spiro atoms. The molecule has 0 heterocycles. The van der Waals surface area contributed by atoms with Gasteiger partial charge in [-0.1, -0.05) is 38.5 Å². The molecule has 0 aromatic heterocycles. The number of hydrogen-bond donors (Lipinski definition) is 0. The molecule has 0 nitrogen and oxygen atoms in total. The maximum atomic E-state index is 2.59. The molecule has 70 valence electrons. The van der Waals surface area contributed by atoms with Gasteiger partial charge in [-0.25, -0.2) is 0 Å². The van der Waals surface area contributed by atoms with Gasteiger partial charge in [-0.05, 0) is 0 Å². The molecule has 14 heavy (non-hydrogen) atoms. The van der Waals surface area contributed by atoms with Gasteiger partial charge in [0.25, 0.3) is 0 Å². The van der Waals surface area contributed by atoms with Gasteiger partial charge >= 0.3 is 37.7 Å². The van der Waals surface area contributed by atoms with Gasteiger partial charge in [0.15, 0.2) is 0 Å². The Hall–Kier alpha value is 1.19. The summed E-state index contributed by atoms with van der Waals surface area (Å²) < 4.78 is 0. The smallest absolute Gasteiger partial charge is 0.328 e. The summed E-state index contributed by atoms with van der Waals surface area (Å²) in [5.41, 5.74) is 0. The Kier molecular flexibility index (Phi) is 9.07. The number of hydrogen-bond acceptors (Lipinski definition) is 0. The van der Waals surface area contributed by atoms with E-state index in [1.54, 1.807) is 0 Å². The van der Waals surface area contributed by atoms with Crippen LogP contribution in [0.5, 0.6) is 0 Å². The molecule has 0 aliphatic heterocycles. The molecule has 2 aliphatic rings. The van der Waals surface area contributed by atoms with Crippen LogP contribution < -0.4 is 37.7 Å². The van der Waals surface area contributed by atoms with E-state index in [1.807, 2.05) is 0 Å². The van der Waals surface area contributed by atoms with E-state index >= 15 is 0 Å². The average Bonchev–Trinajstić information content (AvgIpc) is 2.21. The summed E-state index contributed by atoms with van der Waals surface area (Å²) in [4.78, 5) is 0. The van der Waals surface area contributed by atoms with E-state index in [-0.39, 0.29) is 37.7 Å². The maximum Gasteiger partial charge on any atom is 1.00 e. The van der Waals surface area contributed by atoms with Gasteiger partial charge in [-0.15, -0.1) is 0 Å². The van der Waals surface area contributed by atoms with E-state index in [0.29, 0.717) is 0 Å². The zero-order valence-electron chi connectivity index (χ0n) is 9.97. The Labute approximate surface area is 113 Å². The average molecular weight is 178 g/mol. The number of rotatable bonds is 1. The van der Waals surface area contributed by atoms with Gasteiger partial charge in [0.1, 0.15) is 0 Å². The van der Waals surface area contributed by atoms with Gasteiger partial charge in [0.2, 0.25) is 0 Å². The minimum absolute atomic E-state index is 0. The monoisotopic (exact) mass is 178 g/mol. The second-order valence-electron chi connectivity index (χ2n) is 4.37. The van der Waals surface area contributed by atoms with Crippen molar-refractivity contribution in [2.75, 3.05) is 0 Å². The van der Waals surface area contributed by atoms with Crippen LogP contribution in [0.2, 0.25) is 0 Å². The predicted molar refractivity (Wildman–Crippen MR) is 52.5 cm³/mol. The molecule has 0 aromatic carbocycles. The molecular weight excluding hydrogens is 158 g/mol. The molecule has 2 fully saturated rings. The van der Waals surface area contributed by atoms with Crippen LogP contribution in [0, 0.1) is 24.7 Å². The van der Waals surface area contributed by atoms with Crippen LogP contribution in [-0.2, 0) is 0 Å². The molecule has 0 N–H and O–H groups in total. The van der Waals surface area contributed by atoms with Crippen LogP contribution in [0.15, 0.2) is 0 Å². The van der Waals surface area contributed by atoms with E-state index < -0.39 is 0 Å². The molecule has 2 heteroatoms. The molecular formula is C12H20Li2. The van der Waals surface area contributed by atoms with Crippen LogP contribution >= 0.6 is 0 Å². The summed E-state index contributed by atoms with van der Waals surface area (Å²) in [5.74, 6) is 1.91. The quantitative estimate of drug-likeness (QED) is 0.315. The minimum Gasteiger partial charge on any atom is -0.328 e. The molecule has 0 aromatic rings. The first-order valence-corrected chi connectivity index (χ1v) is 5.63. The predicted octanol–water partition coefficient (Wildman–Crippen LogP) is -2.22. The van der Waals surface area contributed by atoms with Crippen molar-refractivity contribution < 1.29 is 37.7 Å². The molecule has 0 saturated heterocycles. The largest absolute Gasteiger partial charge is 1.00 e. The van der Waals surface area contributed by atoms with E-state index in [0.717, 1.165) is 11.8 Å². The summed E-state index contributed by atoms with van der Waals surface area (Å²) in [5, 5.41) is 0. The fourth-order valence-electron chi connectivity index (χ4n) is 2.73. The van der Waals surface area contributed by atoms with Crippen molar-refractivity contribution in [1.29, 1.82) is 0 Å². The van der Waals surface area contributed by atoms with Crippen molar-refractivity contribution in [1.82, 2.24) is 0 Å². The zero-order chi connectivity index (χ0) is 8.23. The third-order valence-electron chi connectivity index (χ3n) is 3.47. The topological polar surface area (TPSA) is 0 Å². The Morgan fingerprint density at radius 3 is 1.36 bits per heavy atom. The van der Waals surface area contributed by atoms with Gasteiger partial charge in [0, 0.05) is 0 Å². The van der Waals surface area contributed by atoms with Gasteiger partial charge in [0.05, 0.1) is 0 Å². The molecule has 2 saturated carbocycles. The Morgan fingerprint density at radius 1 is 0.643 bits per heavy atom. The molecule has 2 atom stereocenters. The van der Waals surface area contributed by atoms with Gasteiger partial charge in [-0.2, -0.15) is 24.7 Å². The van der Waals surface area contributed by atoms with Crippen molar-refractivity contribution in [2.45, 2.75) is 51.4 Å².